The first-order valence-corrected chi connectivity index (χ1v) is 8.58. The molecule has 0 spiro atoms. The molecule has 1 atom stereocenters. The molecule has 1 heterocycles. The minimum absolute atomic E-state index is 0.0288. The normalized spacial score (nSPS) is 15.3. The molecule has 0 aliphatic carbocycles. The summed E-state index contributed by atoms with van der Waals surface area (Å²) in [4.78, 5) is 12.0. The number of benzene rings is 2. The molecule has 0 saturated carbocycles. The van der Waals surface area contributed by atoms with Crippen LogP contribution >= 0.6 is 31.9 Å². The van der Waals surface area contributed by atoms with Crippen LogP contribution in [-0.2, 0) is 6.42 Å². The quantitative estimate of drug-likeness (QED) is 0.726. The Morgan fingerprint density at radius 1 is 1.19 bits per heavy atom. The molecule has 0 saturated heterocycles. The first-order chi connectivity index (χ1) is 10.1. The van der Waals surface area contributed by atoms with E-state index < -0.39 is 0 Å². The Morgan fingerprint density at radius 3 is 2.81 bits per heavy atom. The fourth-order valence-corrected chi connectivity index (χ4v) is 4.07. The van der Waals surface area contributed by atoms with E-state index in [1.165, 1.54) is 11.1 Å². The molecule has 21 heavy (non-hydrogen) atoms. The molecule has 2 aromatic carbocycles. The third-order valence-electron chi connectivity index (χ3n) is 3.78. The monoisotopic (exact) mass is 407 g/mol. The number of carbonyl (C=O) groups is 1. The lowest BCUT2D eigenvalue weighted by atomic mass is 9.95. The number of alkyl halides is 1. The Bertz CT molecular complexity index is 712. The van der Waals surface area contributed by atoms with Gasteiger partial charge < -0.3 is 5.32 Å². The smallest absolute Gasteiger partial charge is 0.251 e. The second-order valence-electron chi connectivity index (χ2n) is 5.31. The third-order valence-corrected chi connectivity index (χ3v) is 5.52. The fourth-order valence-electron chi connectivity index (χ4n) is 2.62. The number of hydrogen-bond acceptors (Lipinski definition) is 1. The van der Waals surface area contributed by atoms with Gasteiger partial charge in [-0.2, -0.15) is 0 Å². The molecule has 1 N–H and O–H groups in total. The van der Waals surface area contributed by atoms with Crippen molar-refractivity contribution >= 4 is 37.8 Å². The summed E-state index contributed by atoms with van der Waals surface area (Å²) in [7, 11) is 0. The van der Waals surface area contributed by atoms with Crippen LogP contribution in [-0.4, -0.2) is 12.5 Å². The van der Waals surface area contributed by atoms with Crippen LogP contribution in [0.15, 0.2) is 40.9 Å². The minimum Gasteiger partial charge on any atom is -0.352 e. The van der Waals surface area contributed by atoms with Gasteiger partial charge in [0, 0.05) is 16.6 Å². The van der Waals surface area contributed by atoms with Gasteiger partial charge in [0.2, 0.25) is 0 Å². The van der Waals surface area contributed by atoms with Crippen molar-refractivity contribution in [3.63, 3.8) is 0 Å². The summed E-state index contributed by atoms with van der Waals surface area (Å²) in [6, 6.07) is 12.5. The molecule has 4 heteroatoms. The second kappa shape index (κ2) is 5.93. The van der Waals surface area contributed by atoms with E-state index in [1.54, 1.807) is 0 Å². The number of rotatable bonds is 2. The maximum Gasteiger partial charge on any atom is 0.251 e. The molecule has 108 valence electrons. The van der Waals surface area contributed by atoms with Crippen LogP contribution in [0.25, 0.3) is 0 Å². The van der Waals surface area contributed by atoms with E-state index in [9.17, 15) is 4.79 Å². The van der Waals surface area contributed by atoms with E-state index in [4.69, 9.17) is 0 Å². The molecule has 1 amide bonds. The van der Waals surface area contributed by atoms with Crippen molar-refractivity contribution in [2.24, 2.45) is 0 Å². The van der Waals surface area contributed by atoms with Crippen LogP contribution in [0, 0.1) is 6.92 Å². The average molecular weight is 409 g/mol. The lowest BCUT2D eigenvalue weighted by Gasteiger charge is -2.19. The molecule has 3 rings (SSSR count). The van der Waals surface area contributed by atoms with Gasteiger partial charge in [-0.15, -0.1) is 0 Å². The fraction of sp³-hybridized carbons (Fsp3) is 0.235. The number of aryl methyl sites for hydroxylation is 1. The van der Waals surface area contributed by atoms with Gasteiger partial charge in [-0.3, -0.25) is 4.79 Å². The van der Waals surface area contributed by atoms with Gasteiger partial charge in [0.05, 0.1) is 4.83 Å². The van der Waals surface area contributed by atoms with Gasteiger partial charge in [0.15, 0.2) is 0 Å². The molecule has 0 bridgehead atoms. The zero-order valence-electron chi connectivity index (χ0n) is 11.6. The second-order valence-corrected chi connectivity index (χ2v) is 7.08. The molecule has 1 aliphatic rings. The number of fused-ring (bicyclic) bond motifs is 1. The summed E-state index contributed by atoms with van der Waals surface area (Å²) in [5.41, 5.74) is 5.41. The summed E-state index contributed by atoms with van der Waals surface area (Å²) >= 11 is 7.37. The van der Waals surface area contributed by atoms with E-state index in [2.05, 4.69) is 74.4 Å². The Kier molecular flexibility index (Phi) is 4.18. The van der Waals surface area contributed by atoms with Crippen molar-refractivity contribution in [2.75, 3.05) is 6.54 Å². The van der Waals surface area contributed by atoms with E-state index in [1.807, 2.05) is 6.07 Å². The summed E-state index contributed by atoms with van der Waals surface area (Å²) in [6.07, 6.45) is 0.905. The Labute approximate surface area is 141 Å². The standard InChI is InChI=1S/C17H15Br2NO/c1-10-2-5-15(18)14(8-10)16(19)12-4-3-11-6-7-20-17(21)13(11)9-12/h2-5,8-9,16H,6-7H2,1H3,(H,20,21). The first kappa shape index (κ1) is 14.8. The Morgan fingerprint density at radius 2 is 2.00 bits per heavy atom. The minimum atomic E-state index is 0.0288. The van der Waals surface area contributed by atoms with Crippen LogP contribution in [0.3, 0.4) is 0 Å². The molecule has 2 nitrogen and oxygen atoms in total. The zero-order valence-corrected chi connectivity index (χ0v) is 14.8. The van der Waals surface area contributed by atoms with Gasteiger partial charge in [-0.25, -0.2) is 0 Å². The van der Waals surface area contributed by atoms with Crippen LogP contribution in [0.1, 0.15) is 37.4 Å². The van der Waals surface area contributed by atoms with Crippen LogP contribution in [0.4, 0.5) is 0 Å². The average Bonchev–Trinajstić information content (AvgIpc) is 2.49. The molecular formula is C17H15Br2NO. The van der Waals surface area contributed by atoms with Gasteiger partial charge in [0.25, 0.3) is 5.91 Å². The summed E-state index contributed by atoms with van der Waals surface area (Å²) < 4.78 is 1.07. The van der Waals surface area contributed by atoms with Crippen molar-refractivity contribution in [3.05, 3.63) is 68.7 Å². The molecule has 0 radical (unpaired) electrons. The molecule has 1 aliphatic heterocycles. The van der Waals surface area contributed by atoms with Gasteiger partial charge in [-0.05, 0) is 42.2 Å². The van der Waals surface area contributed by atoms with Crippen molar-refractivity contribution in [2.45, 2.75) is 18.2 Å². The summed E-state index contributed by atoms with van der Waals surface area (Å²) in [5, 5.41) is 2.90. The van der Waals surface area contributed by atoms with Gasteiger partial charge in [-0.1, -0.05) is 61.7 Å². The summed E-state index contributed by atoms with van der Waals surface area (Å²) in [5.74, 6) is 0.0288. The van der Waals surface area contributed by atoms with E-state index in [0.29, 0.717) is 0 Å². The largest absolute Gasteiger partial charge is 0.352 e. The van der Waals surface area contributed by atoms with E-state index in [-0.39, 0.29) is 10.7 Å². The maximum absolute atomic E-state index is 12.0. The van der Waals surface area contributed by atoms with Gasteiger partial charge >= 0.3 is 0 Å². The SMILES string of the molecule is Cc1ccc(Br)c(C(Br)c2ccc3c(c2)C(=O)NCC3)c1. The van der Waals surface area contributed by atoms with Crippen molar-refractivity contribution in [1.82, 2.24) is 5.32 Å². The highest BCUT2D eigenvalue weighted by molar-refractivity contribution is 9.11. The lowest BCUT2D eigenvalue weighted by molar-refractivity contribution is 0.0946. The highest BCUT2D eigenvalue weighted by Gasteiger charge is 2.20. The Balaban J connectivity index is 2.02. The Hall–Kier alpha value is -1.13. The number of amides is 1. The molecule has 0 fully saturated rings. The van der Waals surface area contributed by atoms with Crippen LogP contribution in [0.5, 0.6) is 0 Å². The predicted molar refractivity (Wildman–Crippen MR) is 92.1 cm³/mol. The summed E-state index contributed by atoms with van der Waals surface area (Å²) in [6.45, 7) is 2.81. The number of hydrogen-bond donors (Lipinski definition) is 1. The highest BCUT2D eigenvalue weighted by Crippen LogP contribution is 2.36. The molecular weight excluding hydrogens is 394 g/mol. The third kappa shape index (κ3) is 2.92. The van der Waals surface area contributed by atoms with E-state index in [0.717, 1.165) is 34.1 Å². The van der Waals surface area contributed by atoms with Crippen molar-refractivity contribution in [3.8, 4) is 0 Å². The number of halogens is 2. The number of carbonyl (C=O) groups excluding carboxylic acids is 1. The highest BCUT2D eigenvalue weighted by atomic mass is 79.9. The predicted octanol–water partition coefficient (Wildman–Crippen LogP) is 4.53. The molecule has 1 unspecified atom stereocenters. The topological polar surface area (TPSA) is 29.1 Å². The van der Waals surface area contributed by atoms with Crippen LogP contribution in [0.2, 0.25) is 0 Å². The lowest BCUT2D eigenvalue weighted by Crippen LogP contribution is -2.31. The zero-order chi connectivity index (χ0) is 15.0. The van der Waals surface area contributed by atoms with Gasteiger partial charge in [0.1, 0.15) is 0 Å². The van der Waals surface area contributed by atoms with Crippen molar-refractivity contribution < 1.29 is 4.79 Å². The van der Waals surface area contributed by atoms with E-state index >= 15 is 0 Å². The maximum atomic E-state index is 12.0. The molecule has 0 aromatic heterocycles. The first-order valence-electron chi connectivity index (χ1n) is 6.87. The van der Waals surface area contributed by atoms with Crippen molar-refractivity contribution in [1.29, 1.82) is 0 Å². The van der Waals surface area contributed by atoms with Crippen LogP contribution < -0.4 is 5.32 Å². The molecule has 2 aromatic rings. The number of nitrogens with one attached hydrogen (secondary N) is 1.